The molecule has 0 bridgehead atoms. The van der Waals surface area contributed by atoms with Crippen molar-refractivity contribution < 1.29 is 38.6 Å². The van der Waals surface area contributed by atoms with Crippen molar-refractivity contribution in [1.82, 2.24) is 10.2 Å². The highest BCUT2D eigenvalue weighted by molar-refractivity contribution is 6.01. The van der Waals surface area contributed by atoms with Crippen LogP contribution in [0.4, 0.5) is 4.79 Å². The fourth-order valence-corrected chi connectivity index (χ4v) is 2.16. The zero-order chi connectivity index (χ0) is 19.9. The number of carbonyl (C=O) groups excluding carboxylic acids is 4. The third kappa shape index (κ3) is 7.49. The predicted molar refractivity (Wildman–Crippen MR) is 86.9 cm³/mol. The van der Waals surface area contributed by atoms with Gasteiger partial charge in [0, 0.05) is 19.3 Å². The van der Waals surface area contributed by atoms with Crippen LogP contribution in [-0.2, 0) is 28.7 Å². The Bertz CT molecular complexity index is 565. The molecule has 10 nitrogen and oxygen atoms in total. The van der Waals surface area contributed by atoms with Crippen LogP contribution in [0, 0.1) is 0 Å². The number of amides is 3. The standard InChI is InChI=1S/C16H24N2O8/c1-16(2,3)26-15(24)17-10(14(22)23)4-7-13(21)25-9-8-18-11(19)5-6-12(18)20/h10H,4-9H2,1-3H3,(H,17,24)(H,22,23)/t10-/m0/s1. The van der Waals surface area contributed by atoms with Crippen molar-refractivity contribution >= 4 is 29.8 Å². The zero-order valence-electron chi connectivity index (χ0n) is 15.1. The summed E-state index contributed by atoms with van der Waals surface area (Å²) < 4.78 is 9.86. The Balaban J connectivity index is 2.35. The highest BCUT2D eigenvalue weighted by Gasteiger charge is 2.29. The number of esters is 1. The molecular weight excluding hydrogens is 348 g/mol. The van der Waals surface area contributed by atoms with Crippen LogP contribution in [0.1, 0.15) is 46.5 Å². The van der Waals surface area contributed by atoms with Gasteiger partial charge in [-0.1, -0.05) is 0 Å². The van der Waals surface area contributed by atoms with E-state index in [2.05, 4.69) is 5.32 Å². The second-order valence-corrected chi connectivity index (χ2v) is 6.74. The quantitative estimate of drug-likeness (QED) is 0.462. The maximum absolute atomic E-state index is 11.7. The van der Waals surface area contributed by atoms with Crippen molar-refractivity contribution in [3.05, 3.63) is 0 Å². The molecule has 1 aliphatic rings. The maximum Gasteiger partial charge on any atom is 0.408 e. The Morgan fingerprint density at radius 2 is 1.77 bits per heavy atom. The molecule has 0 spiro atoms. The monoisotopic (exact) mass is 372 g/mol. The molecule has 1 rings (SSSR count). The van der Waals surface area contributed by atoms with Crippen molar-refractivity contribution in [3.63, 3.8) is 0 Å². The van der Waals surface area contributed by atoms with Crippen LogP contribution >= 0.6 is 0 Å². The summed E-state index contributed by atoms with van der Waals surface area (Å²) in [6.07, 6.45) is -1.03. The van der Waals surface area contributed by atoms with Crippen molar-refractivity contribution in [2.24, 2.45) is 0 Å². The molecule has 3 amide bonds. The largest absolute Gasteiger partial charge is 0.480 e. The Kier molecular flexibility index (Phi) is 7.54. The molecule has 0 aliphatic carbocycles. The molecule has 10 heteroatoms. The van der Waals surface area contributed by atoms with E-state index in [9.17, 15) is 24.0 Å². The SMILES string of the molecule is CC(C)(C)OC(=O)N[C@@H](CCC(=O)OCCN1C(=O)CCC1=O)C(=O)O. The van der Waals surface area contributed by atoms with Crippen LogP contribution in [-0.4, -0.2) is 64.6 Å². The zero-order valence-corrected chi connectivity index (χ0v) is 15.1. The van der Waals surface area contributed by atoms with Gasteiger partial charge in [0.1, 0.15) is 18.2 Å². The van der Waals surface area contributed by atoms with E-state index in [0.29, 0.717) is 0 Å². The number of ether oxygens (including phenoxy) is 2. The van der Waals surface area contributed by atoms with E-state index in [1.165, 1.54) is 0 Å². The summed E-state index contributed by atoms with van der Waals surface area (Å²) >= 11 is 0. The van der Waals surface area contributed by atoms with Gasteiger partial charge in [0.05, 0.1) is 6.54 Å². The number of carboxylic acids is 1. The molecule has 146 valence electrons. The number of imide groups is 1. The first kappa shape index (κ1) is 21.4. The lowest BCUT2D eigenvalue weighted by molar-refractivity contribution is -0.148. The van der Waals surface area contributed by atoms with E-state index in [1.54, 1.807) is 20.8 Å². The van der Waals surface area contributed by atoms with Gasteiger partial charge in [0.2, 0.25) is 11.8 Å². The van der Waals surface area contributed by atoms with E-state index >= 15 is 0 Å². The van der Waals surface area contributed by atoms with Gasteiger partial charge in [-0.2, -0.15) is 0 Å². The smallest absolute Gasteiger partial charge is 0.408 e. The van der Waals surface area contributed by atoms with Crippen LogP contribution in [0.25, 0.3) is 0 Å². The van der Waals surface area contributed by atoms with Crippen molar-refractivity contribution in [2.45, 2.75) is 58.1 Å². The van der Waals surface area contributed by atoms with Crippen LogP contribution in [0.2, 0.25) is 0 Å². The fraction of sp³-hybridized carbons (Fsp3) is 0.688. The molecule has 0 aromatic carbocycles. The molecule has 0 saturated carbocycles. The van der Waals surface area contributed by atoms with Gasteiger partial charge in [-0.05, 0) is 27.2 Å². The van der Waals surface area contributed by atoms with Gasteiger partial charge >= 0.3 is 18.0 Å². The van der Waals surface area contributed by atoms with E-state index in [0.717, 1.165) is 4.90 Å². The fourth-order valence-electron chi connectivity index (χ4n) is 2.16. The van der Waals surface area contributed by atoms with E-state index in [4.69, 9.17) is 14.6 Å². The summed E-state index contributed by atoms with van der Waals surface area (Å²) in [6.45, 7) is 4.72. The maximum atomic E-state index is 11.7. The summed E-state index contributed by atoms with van der Waals surface area (Å²) in [5.41, 5.74) is -0.781. The average Bonchev–Trinajstić information content (AvgIpc) is 2.81. The number of hydrogen-bond acceptors (Lipinski definition) is 7. The topological polar surface area (TPSA) is 139 Å². The molecule has 26 heavy (non-hydrogen) atoms. The van der Waals surface area contributed by atoms with Crippen molar-refractivity contribution in [1.29, 1.82) is 0 Å². The molecule has 1 aliphatic heterocycles. The predicted octanol–water partition coefficient (Wildman–Crippen LogP) is 0.437. The Hall–Kier alpha value is -2.65. The summed E-state index contributed by atoms with van der Waals surface area (Å²) in [4.78, 5) is 58.3. The molecule has 0 unspecified atom stereocenters. The number of rotatable bonds is 8. The number of hydrogen-bond donors (Lipinski definition) is 2. The van der Waals surface area contributed by atoms with Gasteiger partial charge in [0.15, 0.2) is 0 Å². The molecule has 1 heterocycles. The Labute approximate surface area is 150 Å². The number of alkyl carbamates (subject to hydrolysis) is 1. The third-order valence-corrected chi connectivity index (χ3v) is 3.36. The first-order chi connectivity index (χ1) is 12.0. The lowest BCUT2D eigenvalue weighted by Gasteiger charge is -2.21. The van der Waals surface area contributed by atoms with E-state index in [1.807, 2.05) is 0 Å². The molecule has 0 aromatic rings. The minimum atomic E-state index is -1.31. The number of nitrogens with one attached hydrogen (secondary N) is 1. The molecule has 1 fully saturated rings. The minimum absolute atomic E-state index is 0.0259. The molecule has 1 atom stereocenters. The van der Waals surface area contributed by atoms with Gasteiger partial charge in [-0.25, -0.2) is 9.59 Å². The van der Waals surface area contributed by atoms with E-state index < -0.39 is 29.7 Å². The van der Waals surface area contributed by atoms with Crippen LogP contribution in [0.3, 0.4) is 0 Å². The molecule has 1 saturated heterocycles. The summed E-state index contributed by atoms with van der Waals surface area (Å²) in [5.74, 6) is -2.62. The first-order valence-electron chi connectivity index (χ1n) is 8.20. The average molecular weight is 372 g/mol. The van der Waals surface area contributed by atoms with Crippen molar-refractivity contribution in [3.8, 4) is 0 Å². The summed E-state index contributed by atoms with van der Waals surface area (Å²) in [5, 5.41) is 11.3. The summed E-state index contributed by atoms with van der Waals surface area (Å²) in [6, 6.07) is -1.31. The molecule has 2 N–H and O–H groups in total. The summed E-state index contributed by atoms with van der Waals surface area (Å²) in [7, 11) is 0. The third-order valence-electron chi connectivity index (χ3n) is 3.36. The van der Waals surface area contributed by atoms with Gasteiger partial charge < -0.3 is 19.9 Å². The van der Waals surface area contributed by atoms with E-state index in [-0.39, 0.29) is 50.6 Å². The van der Waals surface area contributed by atoms with Gasteiger partial charge in [-0.15, -0.1) is 0 Å². The van der Waals surface area contributed by atoms with Gasteiger partial charge in [-0.3, -0.25) is 19.3 Å². The number of carbonyl (C=O) groups is 5. The van der Waals surface area contributed by atoms with Crippen LogP contribution in [0.5, 0.6) is 0 Å². The molecule has 0 aromatic heterocycles. The highest BCUT2D eigenvalue weighted by atomic mass is 16.6. The molecule has 0 radical (unpaired) electrons. The lowest BCUT2D eigenvalue weighted by Crippen LogP contribution is -2.43. The lowest BCUT2D eigenvalue weighted by atomic mass is 10.1. The first-order valence-corrected chi connectivity index (χ1v) is 8.20. The van der Waals surface area contributed by atoms with Crippen molar-refractivity contribution in [2.75, 3.05) is 13.2 Å². The minimum Gasteiger partial charge on any atom is -0.480 e. The number of carboxylic acid groups (broad SMARTS) is 1. The molecular formula is C16H24N2O8. The normalized spacial score (nSPS) is 15.6. The van der Waals surface area contributed by atoms with Crippen LogP contribution in [0.15, 0.2) is 0 Å². The number of aliphatic carboxylic acids is 1. The highest BCUT2D eigenvalue weighted by Crippen LogP contribution is 2.11. The number of nitrogens with zero attached hydrogens (tertiary/aromatic N) is 1. The Morgan fingerprint density at radius 1 is 1.19 bits per heavy atom. The second-order valence-electron chi connectivity index (χ2n) is 6.74. The Morgan fingerprint density at radius 3 is 2.27 bits per heavy atom. The number of likely N-dealkylation sites (tertiary alicyclic amines) is 1. The van der Waals surface area contributed by atoms with Crippen LogP contribution < -0.4 is 5.32 Å². The van der Waals surface area contributed by atoms with Gasteiger partial charge in [0.25, 0.3) is 0 Å². The second kappa shape index (κ2) is 9.16.